The van der Waals surface area contributed by atoms with Crippen LogP contribution in [0.25, 0.3) is 0 Å². The first kappa shape index (κ1) is 13.6. The topological polar surface area (TPSA) is 79.2 Å². The van der Waals surface area contributed by atoms with Gasteiger partial charge in [-0.2, -0.15) is 16.4 Å². The molecule has 3 N–H and O–H groups in total. The SMILES string of the molecule is Cc1cc(NC(=O)NCC(O)c2ccsc2)n(C)n1. The van der Waals surface area contributed by atoms with Crippen molar-refractivity contribution >= 4 is 23.2 Å². The van der Waals surface area contributed by atoms with Gasteiger partial charge in [0.15, 0.2) is 0 Å². The van der Waals surface area contributed by atoms with Crippen LogP contribution in [0.2, 0.25) is 0 Å². The monoisotopic (exact) mass is 280 g/mol. The molecule has 2 aromatic rings. The molecule has 7 heteroatoms. The summed E-state index contributed by atoms with van der Waals surface area (Å²) in [5.74, 6) is 0.611. The minimum Gasteiger partial charge on any atom is -0.387 e. The Morgan fingerprint density at radius 2 is 2.42 bits per heavy atom. The van der Waals surface area contributed by atoms with Crippen LogP contribution in [0.3, 0.4) is 0 Å². The predicted octanol–water partition coefficient (Wildman–Crippen LogP) is 1.65. The molecular formula is C12H16N4O2S. The van der Waals surface area contributed by atoms with Crippen LogP contribution in [0.5, 0.6) is 0 Å². The summed E-state index contributed by atoms with van der Waals surface area (Å²) in [6.07, 6.45) is -0.690. The molecule has 2 rings (SSSR count). The van der Waals surface area contributed by atoms with Gasteiger partial charge < -0.3 is 10.4 Å². The molecule has 102 valence electrons. The van der Waals surface area contributed by atoms with E-state index in [1.807, 2.05) is 23.8 Å². The molecular weight excluding hydrogens is 264 g/mol. The van der Waals surface area contributed by atoms with Crippen molar-refractivity contribution in [3.63, 3.8) is 0 Å². The third-order valence-electron chi connectivity index (χ3n) is 2.63. The molecule has 0 saturated heterocycles. The van der Waals surface area contributed by atoms with E-state index in [-0.39, 0.29) is 12.6 Å². The molecule has 0 aliphatic rings. The maximum atomic E-state index is 11.7. The molecule has 0 bridgehead atoms. The van der Waals surface area contributed by atoms with Crippen molar-refractivity contribution in [2.75, 3.05) is 11.9 Å². The number of hydrogen-bond acceptors (Lipinski definition) is 4. The van der Waals surface area contributed by atoms with E-state index in [4.69, 9.17) is 0 Å². The number of nitrogens with one attached hydrogen (secondary N) is 2. The minimum absolute atomic E-state index is 0.166. The van der Waals surface area contributed by atoms with Crippen LogP contribution in [0, 0.1) is 6.92 Å². The Labute approximate surface area is 115 Å². The number of urea groups is 1. The number of carbonyl (C=O) groups is 1. The number of amides is 2. The minimum atomic E-state index is -0.690. The Morgan fingerprint density at radius 1 is 1.63 bits per heavy atom. The van der Waals surface area contributed by atoms with Crippen molar-refractivity contribution in [3.05, 3.63) is 34.2 Å². The van der Waals surface area contributed by atoms with Crippen LogP contribution < -0.4 is 10.6 Å². The number of nitrogens with zero attached hydrogens (tertiary/aromatic N) is 2. The third-order valence-corrected chi connectivity index (χ3v) is 3.33. The van der Waals surface area contributed by atoms with Crippen LogP contribution >= 0.6 is 11.3 Å². The summed E-state index contributed by atoms with van der Waals surface area (Å²) in [4.78, 5) is 11.7. The van der Waals surface area contributed by atoms with Gasteiger partial charge in [0.25, 0.3) is 0 Å². The molecule has 19 heavy (non-hydrogen) atoms. The van der Waals surface area contributed by atoms with E-state index in [1.165, 1.54) is 11.3 Å². The Balaban J connectivity index is 1.83. The Bertz CT molecular complexity index is 550. The fourth-order valence-corrected chi connectivity index (χ4v) is 2.37. The average molecular weight is 280 g/mol. The fourth-order valence-electron chi connectivity index (χ4n) is 1.66. The zero-order valence-corrected chi connectivity index (χ0v) is 11.6. The van der Waals surface area contributed by atoms with E-state index in [2.05, 4.69) is 15.7 Å². The lowest BCUT2D eigenvalue weighted by Gasteiger charge is -2.11. The van der Waals surface area contributed by atoms with Crippen molar-refractivity contribution in [1.29, 1.82) is 0 Å². The Hall–Kier alpha value is -1.86. The number of hydrogen-bond donors (Lipinski definition) is 3. The van der Waals surface area contributed by atoms with Crippen LogP contribution in [0.4, 0.5) is 10.6 Å². The normalized spacial score (nSPS) is 12.2. The van der Waals surface area contributed by atoms with E-state index < -0.39 is 6.10 Å². The number of aryl methyl sites for hydroxylation is 2. The van der Waals surface area contributed by atoms with Gasteiger partial charge in [0.2, 0.25) is 0 Å². The number of carbonyl (C=O) groups excluding carboxylic acids is 1. The number of aliphatic hydroxyl groups excluding tert-OH is 1. The van der Waals surface area contributed by atoms with E-state index in [0.29, 0.717) is 5.82 Å². The molecule has 0 aliphatic carbocycles. The van der Waals surface area contributed by atoms with E-state index in [1.54, 1.807) is 17.8 Å². The number of rotatable bonds is 4. The molecule has 0 aliphatic heterocycles. The fraction of sp³-hybridized carbons (Fsp3) is 0.333. The van der Waals surface area contributed by atoms with E-state index in [0.717, 1.165) is 11.3 Å². The lowest BCUT2D eigenvalue weighted by Crippen LogP contribution is -2.32. The first-order valence-corrected chi connectivity index (χ1v) is 6.76. The maximum Gasteiger partial charge on any atom is 0.320 e. The summed E-state index contributed by atoms with van der Waals surface area (Å²) in [5.41, 5.74) is 1.64. The molecule has 1 atom stereocenters. The van der Waals surface area contributed by atoms with E-state index in [9.17, 15) is 9.90 Å². The van der Waals surface area contributed by atoms with Crippen LogP contribution in [-0.2, 0) is 7.05 Å². The van der Waals surface area contributed by atoms with Gasteiger partial charge in [-0.05, 0) is 29.3 Å². The molecule has 0 spiro atoms. The molecule has 2 heterocycles. The lowest BCUT2D eigenvalue weighted by molar-refractivity contribution is 0.175. The van der Waals surface area contributed by atoms with Crippen LogP contribution in [-0.4, -0.2) is 27.5 Å². The highest BCUT2D eigenvalue weighted by Crippen LogP contribution is 2.15. The van der Waals surface area contributed by atoms with Crippen molar-refractivity contribution in [2.24, 2.45) is 7.05 Å². The lowest BCUT2D eigenvalue weighted by atomic mass is 10.2. The van der Waals surface area contributed by atoms with Crippen LogP contribution in [0.15, 0.2) is 22.9 Å². The Morgan fingerprint density at radius 3 is 3.00 bits per heavy atom. The van der Waals surface area contributed by atoms with Gasteiger partial charge in [0.05, 0.1) is 11.8 Å². The zero-order chi connectivity index (χ0) is 13.8. The molecule has 2 aromatic heterocycles. The zero-order valence-electron chi connectivity index (χ0n) is 10.8. The van der Waals surface area contributed by atoms with Crippen molar-refractivity contribution in [2.45, 2.75) is 13.0 Å². The summed E-state index contributed by atoms with van der Waals surface area (Å²) in [5, 5.41) is 23.0. The van der Waals surface area contributed by atoms with Crippen molar-refractivity contribution in [3.8, 4) is 0 Å². The second-order valence-electron chi connectivity index (χ2n) is 4.20. The highest BCUT2D eigenvalue weighted by atomic mass is 32.1. The largest absolute Gasteiger partial charge is 0.387 e. The van der Waals surface area contributed by atoms with Gasteiger partial charge in [-0.15, -0.1) is 0 Å². The summed E-state index contributed by atoms with van der Waals surface area (Å²) < 4.78 is 1.59. The van der Waals surface area contributed by atoms with Gasteiger partial charge in [-0.25, -0.2) is 4.79 Å². The summed E-state index contributed by atoms with van der Waals surface area (Å²) in [6.45, 7) is 2.02. The second-order valence-corrected chi connectivity index (χ2v) is 4.98. The van der Waals surface area contributed by atoms with Gasteiger partial charge in [-0.1, -0.05) is 0 Å². The molecule has 2 amide bonds. The maximum absolute atomic E-state index is 11.7. The van der Waals surface area contributed by atoms with Crippen molar-refractivity contribution in [1.82, 2.24) is 15.1 Å². The Kier molecular flexibility index (Phi) is 4.18. The van der Waals surface area contributed by atoms with Gasteiger partial charge in [0.1, 0.15) is 5.82 Å². The molecule has 0 fully saturated rings. The number of aromatic nitrogens is 2. The average Bonchev–Trinajstić information content (AvgIpc) is 2.97. The predicted molar refractivity (Wildman–Crippen MR) is 74.2 cm³/mol. The molecule has 0 saturated carbocycles. The first-order chi connectivity index (χ1) is 9.06. The number of aliphatic hydroxyl groups is 1. The number of thiophene rings is 1. The van der Waals surface area contributed by atoms with E-state index >= 15 is 0 Å². The summed E-state index contributed by atoms with van der Waals surface area (Å²) >= 11 is 1.51. The van der Waals surface area contributed by atoms with Crippen LogP contribution in [0.1, 0.15) is 17.4 Å². The first-order valence-electron chi connectivity index (χ1n) is 5.82. The quantitative estimate of drug-likeness (QED) is 0.796. The summed E-state index contributed by atoms with van der Waals surface area (Å²) in [7, 11) is 1.75. The highest BCUT2D eigenvalue weighted by Gasteiger charge is 2.11. The molecule has 6 nitrogen and oxygen atoms in total. The number of anilines is 1. The smallest absolute Gasteiger partial charge is 0.320 e. The van der Waals surface area contributed by atoms with Gasteiger partial charge in [-0.3, -0.25) is 10.00 Å². The summed E-state index contributed by atoms with van der Waals surface area (Å²) in [6, 6.07) is 3.24. The molecule has 1 unspecified atom stereocenters. The highest BCUT2D eigenvalue weighted by molar-refractivity contribution is 7.07. The standard InChI is InChI=1S/C12H16N4O2S/c1-8-5-11(16(2)15-8)14-12(18)13-6-10(17)9-3-4-19-7-9/h3-5,7,10,17H,6H2,1-2H3,(H2,13,14,18). The van der Waals surface area contributed by atoms with Crippen molar-refractivity contribution < 1.29 is 9.90 Å². The molecule has 0 aromatic carbocycles. The van der Waals surface area contributed by atoms with Gasteiger partial charge >= 0.3 is 6.03 Å². The van der Waals surface area contributed by atoms with Gasteiger partial charge in [0, 0.05) is 19.7 Å². The molecule has 0 radical (unpaired) electrons. The second kappa shape index (κ2) is 5.85. The third kappa shape index (κ3) is 3.55.